The summed E-state index contributed by atoms with van der Waals surface area (Å²) in [6, 6.07) is 0. The normalized spacial score (nSPS) is 11.0. The molecular formula is C14H27N5. The van der Waals surface area contributed by atoms with E-state index in [0.29, 0.717) is 0 Å². The Bertz CT molecular complexity index is 353. The predicted octanol–water partition coefficient (Wildman–Crippen LogP) is 1.36. The minimum atomic E-state index is 0.783. The van der Waals surface area contributed by atoms with Gasteiger partial charge in [-0.15, -0.1) is 0 Å². The molecule has 1 rings (SSSR count). The molecule has 1 heterocycles. The zero-order valence-corrected chi connectivity index (χ0v) is 12.7. The van der Waals surface area contributed by atoms with Crippen LogP contribution in [0.15, 0.2) is 12.4 Å². The molecule has 0 radical (unpaired) electrons. The van der Waals surface area contributed by atoms with Crippen molar-refractivity contribution in [2.45, 2.75) is 26.8 Å². The van der Waals surface area contributed by atoms with Crippen LogP contribution in [0.25, 0.3) is 0 Å². The molecule has 0 amide bonds. The van der Waals surface area contributed by atoms with Crippen LogP contribution in [0.5, 0.6) is 0 Å². The topological polar surface area (TPSA) is 44.3 Å². The number of likely N-dealkylation sites (N-methyl/N-ethyl adjacent to an activating group) is 1. The average Bonchev–Trinajstić information content (AvgIpc) is 2.41. The third-order valence-corrected chi connectivity index (χ3v) is 2.86. The molecule has 0 saturated carbocycles. The predicted molar refractivity (Wildman–Crippen MR) is 80.5 cm³/mol. The Labute approximate surface area is 117 Å². The van der Waals surface area contributed by atoms with Gasteiger partial charge in [0.2, 0.25) is 0 Å². The summed E-state index contributed by atoms with van der Waals surface area (Å²) in [6.45, 7) is 9.05. The van der Waals surface area contributed by atoms with Crippen molar-refractivity contribution in [3.8, 4) is 0 Å². The van der Waals surface area contributed by atoms with E-state index in [1.165, 1.54) is 0 Å². The highest BCUT2D eigenvalue weighted by Gasteiger charge is 2.08. The Hall–Kier alpha value is -1.20. The van der Waals surface area contributed by atoms with Crippen LogP contribution in [0.2, 0.25) is 0 Å². The van der Waals surface area contributed by atoms with Crippen molar-refractivity contribution in [3.05, 3.63) is 18.1 Å². The molecule has 0 aliphatic heterocycles. The van der Waals surface area contributed by atoms with E-state index in [1.54, 1.807) is 0 Å². The molecule has 1 aromatic rings. The second kappa shape index (κ2) is 8.82. The summed E-state index contributed by atoms with van der Waals surface area (Å²) in [6.07, 6.45) is 4.82. The molecule has 0 aromatic carbocycles. The van der Waals surface area contributed by atoms with Crippen molar-refractivity contribution in [1.82, 2.24) is 20.2 Å². The molecule has 108 valence electrons. The van der Waals surface area contributed by atoms with Gasteiger partial charge in [0.05, 0.1) is 11.9 Å². The maximum Gasteiger partial charge on any atom is 0.147 e. The zero-order valence-electron chi connectivity index (χ0n) is 12.7. The molecule has 0 spiro atoms. The van der Waals surface area contributed by atoms with Gasteiger partial charge in [0.15, 0.2) is 0 Å². The Morgan fingerprint density at radius 2 is 1.89 bits per heavy atom. The monoisotopic (exact) mass is 265 g/mol. The molecule has 0 aliphatic rings. The molecule has 0 unspecified atom stereocenters. The molecule has 0 saturated heterocycles. The summed E-state index contributed by atoms with van der Waals surface area (Å²) in [5, 5.41) is 3.28. The first kappa shape index (κ1) is 15.9. The molecule has 1 N–H and O–H groups in total. The number of nitrogens with one attached hydrogen (secondary N) is 1. The third-order valence-electron chi connectivity index (χ3n) is 2.86. The van der Waals surface area contributed by atoms with Crippen molar-refractivity contribution >= 4 is 5.82 Å². The van der Waals surface area contributed by atoms with E-state index in [1.807, 2.05) is 12.4 Å². The molecule has 0 aliphatic carbocycles. The Kier molecular flexibility index (Phi) is 7.36. The second-order valence-electron chi connectivity index (χ2n) is 4.94. The lowest BCUT2D eigenvalue weighted by molar-refractivity contribution is 0.412. The Balaban J connectivity index is 2.71. The first-order valence-corrected chi connectivity index (χ1v) is 7.08. The molecule has 0 bridgehead atoms. The summed E-state index contributed by atoms with van der Waals surface area (Å²) < 4.78 is 0. The minimum absolute atomic E-state index is 0.783. The van der Waals surface area contributed by atoms with Gasteiger partial charge in [0.25, 0.3) is 0 Å². The standard InChI is InChI=1S/C14H27N5/c1-5-7-19(9-8-18(3)4)14-12-16-11-13(17-14)10-15-6-2/h11-12,15H,5-10H2,1-4H3. The van der Waals surface area contributed by atoms with Crippen LogP contribution in [0, 0.1) is 0 Å². The maximum atomic E-state index is 4.69. The summed E-state index contributed by atoms with van der Waals surface area (Å²) >= 11 is 0. The summed E-state index contributed by atoms with van der Waals surface area (Å²) in [4.78, 5) is 13.5. The van der Waals surface area contributed by atoms with Crippen molar-refractivity contribution in [1.29, 1.82) is 0 Å². The van der Waals surface area contributed by atoms with Crippen molar-refractivity contribution < 1.29 is 0 Å². The van der Waals surface area contributed by atoms with Gasteiger partial charge in [-0.05, 0) is 27.1 Å². The van der Waals surface area contributed by atoms with Crippen LogP contribution in [0.3, 0.4) is 0 Å². The number of hydrogen-bond donors (Lipinski definition) is 1. The van der Waals surface area contributed by atoms with Crippen LogP contribution >= 0.6 is 0 Å². The molecule has 1 aromatic heterocycles. The van der Waals surface area contributed by atoms with Gasteiger partial charge in [-0.25, -0.2) is 4.98 Å². The fraction of sp³-hybridized carbons (Fsp3) is 0.714. The van der Waals surface area contributed by atoms with Crippen LogP contribution < -0.4 is 10.2 Å². The van der Waals surface area contributed by atoms with Crippen molar-refractivity contribution in [2.24, 2.45) is 0 Å². The van der Waals surface area contributed by atoms with E-state index in [4.69, 9.17) is 0 Å². The van der Waals surface area contributed by atoms with Gasteiger partial charge >= 0.3 is 0 Å². The first-order chi connectivity index (χ1) is 9.17. The smallest absolute Gasteiger partial charge is 0.147 e. The SMILES string of the molecule is CCCN(CCN(C)C)c1cncc(CNCC)n1. The van der Waals surface area contributed by atoms with Gasteiger partial charge in [0.1, 0.15) is 5.82 Å². The largest absolute Gasteiger partial charge is 0.354 e. The van der Waals surface area contributed by atoms with E-state index >= 15 is 0 Å². The minimum Gasteiger partial charge on any atom is -0.354 e. The van der Waals surface area contributed by atoms with E-state index in [-0.39, 0.29) is 0 Å². The molecule has 19 heavy (non-hydrogen) atoms. The van der Waals surface area contributed by atoms with Gasteiger partial charge < -0.3 is 15.1 Å². The molecular weight excluding hydrogens is 238 g/mol. The lowest BCUT2D eigenvalue weighted by atomic mass is 10.3. The number of nitrogens with zero attached hydrogens (tertiary/aromatic N) is 4. The highest BCUT2D eigenvalue weighted by Crippen LogP contribution is 2.10. The van der Waals surface area contributed by atoms with Gasteiger partial charge in [-0.3, -0.25) is 4.98 Å². The average molecular weight is 265 g/mol. The Morgan fingerprint density at radius 3 is 2.53 bits per heavy atom. The second-order valence-corrected chi connectivity index (χ2v) is 4.94. The summed E-state index contributed by atoms with van der Waals surface area (Å²) in [5.74, 6) is 0.985. The number of anilines is 1. The van der Waals surface area contributed by atoms with Gasteiger partial charge in [0, 0.05) is 32.4 Å². The highest BCUT2D eigenvalue weighted by atomic mass is 15.2. The van der Waals surface area contributed by atoms with Crippen LogP contribution in [-0.4, -0.2) is 55.1 Å². The fourth-order valence-electron chi connectivity index (χ4n) is 1.82. The number of hydrogen-bond acceptors (Lipinski definition) is 5. The lowest BCUT2D eigenvalue weighted by Crippen LogP contribution is -2.33. The maximum absolute atomic E-state index is 4.69. The lowest BCUT2D eigenvalue weighted by Gasteiger charge is -2.25. The van der Waals surface area contributed by atoms with Gasteiger partial charge in [-0.1, -0.05) is 13.8 Å². The summed E-state index contributed by atoms with van der Waals surface area (Å²) in [7, 11) is 4.19. The van der Waals surface area contributed by atoms with E-state index < -0.39 is 0 Å². The quantitative estimate of drug-likeness (QED) is 0.730. The van der Waals surface area contributed by atoms with E-state index in [9.17, 15) is 0 Å². The van der Waals surface area contributed by atoms with Crippen LogP contribution in [0.4, 0.5) is 5.82 Å². The van der Waals surface area contributed by atoms with E-state index in [2.05, 4.69) is 53.0 Å². The molecule has 5 nitrogen and oxygen atoms in total. The third kappa shape index (κ3) is 5.98. The van der Waals surface area contributed by atoms with Crippen molar-refractivity contribution in [2.75, 3.05) is 45.2 Å². The van der Waals surface area contributed by atoms with Crippen LogP contribution in [-0.2, 0) is 6.54 Å². The zero-order chi connectivity index (χ0) is 14.1. The van der Waals surface area contributed by atoms with Crippen LogP contribution in [0.1, 0.15) is 26.0 Å². The fourth-order valence-corrected chi connectivity index (χ4v) is 1.82. The molecule has 5 heteroatoms. The highest BCUT2D eigenvalue weighted by molar-refractivity contribution is 5.36. The molecule has 0 fully saturated rings. The number of aromatic nitrogens is 2. The molecule has 0 atom stereocenters. The number of rotatable bonds is 9. The summed E-state index contributed by atoms with van der Waals surface area (Å²) in [5.41, 5.74) is 1.00. The van der Waals surface area contributed by atoms with Gasteiger partial charge in [-0.2, -0.15) is 0 Å². The first-order valence-electron chi connectivity index (χ1n) is 7.08. The van der Waals surface area contributed by atoms with Crippen molar-refractivity contribution in [3.63, 3.8) is 0 Å². The van der Waals surface area contributed by atoms with E-state index in [0.717, 1.165) is 50.7 Å². The Morgan fingerprint density at radius 1 is 1.11 bits per heavy atom.